The van der Waals surface area contributed by atoms with E-state index in [2.05, 4.69) is 41.8 Å². The number of hydrogen-bond acceptors (Lipinski definition) is 4. The van der Waals surface area contributed by atoms with Gasteiger partial charge < -0.3 is 4.90 Å². The zero-order valence-electron chi connectivity index (χ0n) is 12.5. The lowest BCUT2D eigenvalue weighted by atomic mass is 10.1. The Morgan fingerprint density at radius 1 is 1.00 bits per heavy atom. The van der Waals surface area contributed by atoms with Crippen molar-refractivity contribution in [3.63, 3.8) is 0 Å². The standard InChI is InChI=1S/C17H18N4/c1-12(2)21(3)17-10-15(13-4-7-18-8-5-13)20-16-11-19-9-6-14(16)17/h4-12H,1-3H3. The van der Waals surface area contributed by atoms with Gasteiger partial charge in [0.1, 0.15) is 0 Å². The molecule has 4 nitrogen and oxygen atoms in total. The Kier molecular flexibility index (Phi) is 3.52. The second-order valence-electron chi connectivity index (χ2n) is 5.36. The summed E-state index contributed by atoms with van der Waals surface area (Å²) in [5, 5.41) is 1.12. The van der Waals surface area contributed by atoms with Crippen molar-refractivity contribution in [3.05, 3.63) is 49.1 Å². The molecule has 0 aliphatic rings. The molecule has 0 aliphatic heterocycles. The summed E-state index contributed by atoms with van der Waals surface area (Å²) in [4.78, 5) is 15.3. The fraction of sp³-hybridized carbons (Fsp3) is 0.235. The van der Waals surface area contributed by atoms with Gasteiger partial charge in [-0.05, 0) is 38.1 Å². The first-order valence-electron chi connectivity index (χ1n) is 7.05. The van der Waals surface area contributed by atoms with Gasteiger partial charge in [-0.1, -0.05) is 0 Å². The van der Waals surface area contributed by atoms with Crippen LogP contribution >= 0.6 is 0 Å². The lowest BCUT2D eigenvalue weighted by molar-refractivity contribution is 0.757. The summed E-state index contributed by atoms with van der Waals surface area (Å²) < 4.78 is 0. The van der Waals surface area contributed by atoms with E-state index in [9.17, 15) is 0 Å². The summed E-state index contributed by atoms with van der Waals surface area (Å²) in [5.41, 5.74) is 4.09. The van der Waals surface area contributed by atoms with Crippen molar-refractivity contribution in [2.24, 2.45) is 0 Å². The number of pyridine rings is 3. The SMILES string of the molecule is CC(C)N(C)c1cc(-c2ccncc2)nc2cnccc12. The number of rotatable bonds is 3. The first kappa shape index (κ1) is 13.5. The second kappa shape index (κ2) is 5.48. The van der Waals surface area contributed by atoms with E-state index >= 15 is 0 Å². The molecule has 0 N–H and O–H groups in total. The lowest BCUT2D eigenvalue weighted by Gasteiger charge is -2.25. The molecule has 0 fully saturated rings. The minimum absolute atomic E-state index is 0.411. The highest BCUT2D eigenvalue weighted by atomic mass is 15.1. The summed E-state index contributed by atoms with van der Waals surface area (Å²) in [6.07, 6.45) is 7.21. The van der Waals surface area contributed by atoms with Crippen LogP contribution in [0.25, 0.3) is 22.2 Å². The van der Waals surface area contributed by atoms with Gasteiger partial charge in [-0.3, -0.25) is 9.97 Å². The predicted octanol–water partition coefficient (Wildman–Crippen LogP) is 3.54. The molecular weight excluding hydrogens is 260 g/mol. The number of hydrogen-bond donors (Lipinski definition) is 0. The number of aromatic nitrogens is 3. The van der Waals surface area contributed by atoms with Gasteiger partial charge in [0.05, 0.1) is 17.4 Å². The van der Waals surface area contributed by atoms with E-state index in [4.69, 9.17) is 4.98 Å². The van der Waals surface area contributed by atoms with Crippen LogP contribution in [0.4, 0.5) is 5.69 Å². The molecule has 0 bridgehead atoms. The molecule has 0 radical (unpaired) electrons. The summed E-state index contributed by atoms with van der Waals surface area (Å²) in [6, 6.07) is 8.52. The van der Waals surface area contributed by atoms with E-state index in [1.54, 1.807) is 12.4 Å². The first-order valence-corrected chi connectivity index (χ1v) is 7.05. The van der Waals surface area contributed by atoms with Crippen LogP contribution in [0.15, 0.2) is 49.1 Å². The minimum atomic E-state index is 0.411. The second-order valence-corrected chi connectivity index (χ2v) is 5.36. The van der Waals surface area contributed by atoms with Crippen molar-refractivity contribution in [1.29, 1.82) is 0 Å². The maximum absolute atomic E-state index is 4.73. The number of anilines is 1. The van der Waals surface area contributed by atoms with E-state index in [1.807, 2.05) is 30.6 Å². The van der Waals surface area contributed by atoms with Gasteiger partial charge >= 0.3 is 0 Å². The van der Waals surface area contributed by atoms with E-state index in [-0.39, 0.29) is 0 Å². The van der Waals surface area contributed by atoms with Crippen molar-refractivity contribution in [3.8, 4) is 11.3 Å². The molecular formula is C17H18N4. The van der Waals surface area contributed by atoms with E-state index in [0.717, 1.165) is 22.2 Å². The van der Waals surface area contributed by atoms with Gasteiger partial charge in [0.2, 0.25) is 0 Å². The lowest BCUT2D eigenvalue weighted by Crippen LogP contribution is -2.26. The van der Waals surface area contributed by atoms with Gasteiger partial charge in [0, 0.05) is 48.3 Å². The van der Waals surface area contributed by atoms with Crippen LogP contribution in [-0.4, -0.2) is 28.0 Å². The van der Waals surface area contributed by atoms with Gasteiger partial charge in [-0.15, -0.1) is 0 Å². The summed E-state index contributed by atoms with van der Waals surface area (Å²) in [6.45, 7) is 4.36. The van der Waals surface area contributed by atoms with Crippen molar-refractivity contribution < 1.29 is 0 Å². The Morgan fingerprint density at radius 2 is 1.71 bits per heavy atom. The summed E-state index contributed by atoms with van der Waals surface area (Å²) in [7, 11) is 2.11. The average Bonchev–Trinajstić information content (AvgIpc) is 2.54. The van der Waals surface area contributed by atoms with E-state index < -0.39 is 0 Å². The van der Waals surface area contributed by atoms with Gasteiger partial charge in [-0.2, -0.15) is 0 Å². The maximum atomic E-state index is 4.73. The number of nitrogens with zero attached hydrogens (tertiary/aromatic N) is 4. The third-order valence-electron chi connectivity index (χ3n) is 3.72. The van der Waals surface area contributed by atoms with Crippen molar-refractivity contribution >= 4 is 16.6 Å². The van der Waals surface area contributed by atoms with Crippen molar-refractivity contribution in [1.82, 2.24) is 15.0 Å². The highest BCUT2D eigenvalue weighted by Crippen LogP contribution is 2.30. The van der Waals surface area contributed by atoms with Gasteiger partial charge in [0.25, 0.3) is 0 Å². The normalized spacial score (nSPS) is 11.0. The van der Waals surface area contributed by atoms with Crippen LogP contribution in [0.3, 0.4) is 0 Å². The zero-order chi connectivity index (χ0) is 14.8. The topological polar surface area (TPSA) is 41.9 Å². The van der Waals surface area contributed by atoms with Crippen LogP contribution in [-0.2, 0) is 0 Å². The minimum Gasteiger partial charge on any atom is -0.372 e. The molecule has 0 saturated carbocycles. The molecule has 3 rings (SSSR count). The van der Waals surface area contributed by atoms with Crippen molar-refractivity contribution in [2.45, 2.75) is 19.9 Å². The molecule has 0 aliphatic carbocycles. The Balaban J connectivity index is 2.25. The zero-order valence-corrected chi connectivity index (χ0v) is 12.5. The number of fused-ring (bicyclic) bond motifs is 1. The quantitative estimate of drug-likeness (QED) is 0.735. The third kappa shape index (κ3) is 2.57. The monoisotopic (exact) mass is 278 g/mol. The molecule has 21 heavy (non-hydrogen) atoms. The molecule has 0 amide bonds. The van der Waals surface area contributed by atoms with Gasteiger partial charge in [0.15, 0.2) is 0 Å². The fourth-order valence-corrected chi connectivity index (χ4v) is 2.30. The van der Waals surface area contributed by atoms with Crippen LogP contribution in [0.2, 0.25) is 0 Å². The smallest absolute Gasteiger partial charge is 0.0913 e. The highest BCUT2D eigenvalue weighted by Gasteiger charge is 2.12. The predicted molar refractivity (Wildman–Crippen MR) is 86.3 cm³/mol. The molecule has 0 saturated heterocycles. The van der Waals surface area contributed by atoms with E-state index in [0.29, 0.717) is 6.04 Å². The molecule has 3 aromatic rings. The maximum Gasteiger partial charge on any atom is 0.0913 e. The van der Waals surface area contributed by atoms with Gasteiger partial charge in [-0.25, -0.2) is 4.98 Å². The third-order valence-corrected chi connectivity index (χ3v) is 3.72. The molecule has 0 atom stereocenters. The molecule has 0 aromatic carbocycles. The average molecular weight is 278 g/mol. The van der Waals surface area contributed by atoms with E-state index in [1.165, 1.54) is 5.69 Å². The van der Waals surface area contributed by atoms with Crippen molar-refractivity contribution in [2.75, 3.05) is 11.9 Å². The Bertz CT molecular complexity index is 753. The molecule has 106 valence electrons. The Hall–Kier alpha value is -2.49. The van der Waals surface area contributed by atoms with Crippen LogP contribution in [0.5, 0.6) is 0 Å². The Morgan fingerprint density at radius 3 is 2.43 bits per heavy atom. The fourth-order valence-electron chi connectivity index (χ4n) is 2.30. The van der Waals surface area contributed by atoms with Crippen LogP contribution in [0.1, 0.15) is 13.8 Å². The molecule has 4 heteroatoms. The van der Waals surface area contributed by atoms with Crippen LogP contribution in [0, 0.1) is 0 Å². The van der Waals surface area contributed by atoms with Crippen LogP contribution < -0.4 is 4.90 Å². The molecule has 3 aromatic heterocycles. The molecule has 0 unspecified atom stereocenters. The first-order chi connectivity index (χ1) is 10.2. The Labute approximate surface area is 124 Å². The highest BCUT2D eigenvalue weighted by molar-refractivity contribution is 5.93. The summed E-state index contributed by atoms with van der Waals surface area (Å²) >= 11 is 0. The summed E-state index contributed by atoms with van der Waals surface area (Å²) in [5.74, 6) is 0. The molecule has 3 heterocycles. The largest absolute Gasteiger partial charge is 0.372 e. The molecule has 0 spiro atoms.